The van der Waals surface area contributed by atoms with E-state index < -0.39 is 29.2 Å². The Kier molecular flexibility index (Phi) is 4.54. The highest BCUT2D eigenvalue weighted by atomic mass is 19.4. The third-order valence-electron chi connectivity index (χ3n) is 2.25. The molecule has 0 aliphatic carbocycles. The van der Waals surface area contributed by atoms with Crippen LogP contribution in [0.3, 0.4) is 0 Å². The van der Waals surface area contributed by atoms with Crippen molar-refractivity contribution in [2.75, 3.05) is 5.32 Å². The summed E-state index contributed by atoms with van der Waals surface area (Å²) in [7, 11) is 0. The van der Waals surface area contributed by atoms with E-state index in [2.05, 4.69) is 5.32 Å². The Morgan fingerprint density at radius 1 is 1.25 bits per heavy atom. The Hall–Kier alpha value is -2.31. The van der Waals surface area contributed by atoms with Crippen LogP contribution >= 0.6 is 0 Å². The van der Waals surface area contributed by atoms with Crippen LogP contribution < -0.4 is 5.32 Å². The first-order valence-corrected chi connectivity index (χ1v) is 5.51. The molecule has 4 nitrogen and oxygen atoms in total. The van der Waals surface area contributed by atoms with Crippen LogP contribution in [0, 0.1) is 0 Å². The van der Waals surface area contributed by atoms with Crippen LogP contribution in [-0.2, 0) is 11.0 Å². The minimum atomic E-state index is -4.65. The van der Waals surface area contributed by atoms with Gasteiger partial charge in [0.15, 0.2) is 0 Å². The van der Waals surface area contributed by atoms with Crippen LogP contribution in [0.4, 0.5) is 18.9 Å². The molecule has 0 saturated heterocycles. The van der Waals surface area contributed by atoms with Gasteiger partial charge in [0, 0.05) is 6.08 Å². The summed E-state index contributed by atoms with van der Waals surface area (Å²) in [4.78, 5) is 22.4. The number of aromatic carboxylic acids is 1. The van der Waals surface area contributed by atoms with E-state index in [9.17, 15) is 22.8 Å². The Labute approximate surface area is 112 Å². The molecule has 0 radical (unpaired) electrons. The number of nitrogens with one attached hydrogen (secondary N) is 1. The molecule has 0 unspecified atom stereocenters. The summed E-state index contributed by atoms with van der Waals surface area (Å²) in [6.45, 7) is 3.31. The smallest absolute Gasteiger partial charge is 0.416 e. The molecule has 0 heterocycles. The van der Waals surface area contributed by atoms with Gasteiger partial charge in [-0.15, -0.1) is 0 Å². The van der Waals surface area contributed by atoms with E-state index in [0.717, 1.165) is 6.07 Å². The summed E-state index contributed by atoms with van der Waals surface area (Å²) in [5.41, 5.74) is -1.22. The Bertz CT molecular complexity index is 573. The van der Waals surface area contributed by atoms with Crippen molar-refractivity contribution in [2.45, 2.75) is 20.0 Å². The van der Waals surface area contributed by atoms with Gasteiger partial charge in [0.1, 0.15) is 0 Å². The number of allylic oxidation sites excluding steroid dienone is 1. The van der Waals surface area contributed by atoms with Gasteiger partial charge in [-0.1, -0.05) is 5.57 Å². The van der Waals surface area contributed by atoms with Crippen molar-refractivity contribution < 1.29 is 27.9 Å². The van der Waals surface area contributed by atoms with Gasteiger partial charge in [0.2, 0.25) is 5.91 Å². The van der Waals surface area contributed by atoms with E-state index in [0.29, 0.717) is 17.7 Å². The maximum Gasteiger partial charge on any atom is 0.416 e. The van der Waals surface area contributed by atoms with Crippen LogP contribution in [0.2, 0.25) is 0 Å². The highest BCUT2D eigenvalue weighted by molar-refractivity contribution is 6.04. The molecule has 2 N–H and O–H groups in total. The first-order valence-electron chi connectivity index (χ1n) is 5.51. The summed E-state index contributed by atoms with van der Waals surface area (Å²) in [5.74, 6) is -2.16. The summed E-state index contributed by atoms with van der Waals surface area (Å²) >= 11 is 0. The van der Waals surface area contributed by atoms with Gasteiger partial charge in [0.25, 0.3) is 0 Å². The van der Waals surface area contributed by atoms with Gasteiger partial charge < -0.3 is 10.4 Å². The molecule has 1 aromatic carbocycles. The van der Waals surface area contributed by atoms with Crippen molar-refractivity contribution in [3.63, 3.8) is 0 Å². The van der Waals surface area contributed by atoms with Crippen LogP contribution in [0.5, 0.6) is 0 Å². The zero-order valence-electron chi connectivity index (χ0n) is 10.7. The quantitative estimate of drug-likeness (QED) is 0.838. The molecule has 1 aromatic rings. The van der Waals surface area contributed by atoms with Gasteiger partial charge in [-0.25, -0.2) is 4.79 Å². The van der Waals surface area contributed by atoms with E-state index in [1.54, 1.807) is 13.8 Å². The monoisotopic (exact) mass is 287 g/mol. The molecule has 1 rings (SSSR count). The lowest BCUT2D eigenvalue weighted by atomic mass is 10.1. The molecule has 0 bridgehead atoms. The topological polar surface area (TPSA) is 66.4 Å². The second kappa shape index (κ2) is 5.77. The van der Waals surface area contributed by atoms with E-state index in [-0.39, 0.29) is 5.69 Å². The number of carboxylic acid groups (broad SMARTS) is 1. The fourth-order valence-corrected chi connectivity index (χ4v) is 1.44. The summed E-state index contributed by atoms with van der Waals surface area (Å²) in [5, 5.41) is 11.2. The highest BCUT2D eigenvalue weighted by Crippen LogP contribution is 2.31. The standard InChI is InChI=1S/C13H12F3NO3/c1-7(2)5-11(18)17-10-4-3-8(13(14,15)16)6-9(10)12(19)20/h3-6H,1-2H3,(H,17,18)(H,19,20). The number of carboxylic acids is 1. The zero-order valence-corrected chi connectivity index (χ0v) is 10.7. The van der Waals surface area contributed by atoms with Crippen LogP contribution in [0.25, 0.3) is 0 Å². The average molecular weight is 287 g/mol. The first kappa shape index (κ1) is 15.7. The number of hydrogen-bond acceptors (Lipinski definition) is 2. The fourth-order valence-electron chi connectivity index (χ4n) is 1.44. The lowest BCUT2D eigenvalue weighted by molar-refractivity contribution is -0.137. The molecule has 0 aromatic heterocycles. The molecule has 7 heteroatoms. The van der Waals surface area contributed by atoms with Crippen molar-refractivity contribution in [3.05, 3.63) is 41.0 Å². The minimum absolute atomic E-state index is 0.187. The Balaban J connectivity index is 3.18. The van der Waals surface area contributed by atoms with E-state index in [1.165, 1.54) is 6.08 Å². The second-order valence-electron chi connectivity index (χ2n) is 4.27. The molecule has 108 valence electrons. The first-order chi connectivity index (χ1) is 9.11. The van der Waals surface area contributed by atoms with Crippen LogP contribution in [-0.4, -0.2) is 17.0 Å². The molecule has 20 heavy (non-hydrogen) atoms. The Morgan fingerprint density at radius 2 is 1.85 bits per heavy atom. The van der Waals surface area contributed by atoms with Gasteiger partial charge in [0.05, 0.1) is 16.8 Å². The van der Waals surface area contributed by atoms with Crippen molar-refractivity contribution >= 4 is 17.6 Å². The van der Waals surface area contributed by atoms with Crippen molar-refractivity contribution in [1.29, 1.82) is 0 Å². The maximum atomic E-state index is 12.5. The number of carbonyl (C=O) groups is 2. The van der Waals surface area contributed by atoms with Gasteiger partial charge in [-0.2, -0.15) is 13.2 Å². The lowest BCUT2D eigenvalue weighted by Gasteiger charge is -2.11. The molecular weight excluding hydrogens is 275 g/mol. The molecule has 0 saturated carbocycles. The fraction of sp³-hybridized carbons (Fsp3) is 0.231. The summed E-state index contributed by atoms with van der Waals surface area (Å²) < 4.78 is 37.5. The number of rotatable bonds is 3. The molecule has 1 amide bonds. The number of carbonyl (C=O) groups excluding carboxylic acids is 1. The number of hydrogen-bond donors (Lipinski definition) is 2. The Morgan fingerprint density at radius 3 is 2.30 bits per heavy atom. The summed E-state index contributed by atoms with van der Waals surface area (Å²) in [6.07, 6.45) is -3.43. The summed E-state index contributed by atoms with van der Waals surface area (Å²) in [6, 6.07) is 2.12. The molecule has 0 aliphatic heterocycles. The maximum absolute atomic E-state index is 12.5. The van der Waals surface area contributed by atoms with Crippen molar-refractivity contribution in [1.82, 2.24) is 0 Å². The van der Waals surface area contributed by atoms with E-state index in [4.69, 9.17) is 5.11 Å². The number of amides is 1. The minimum Gasteiger partial charge on any atom is -0.478 e. The van der Waals surface area contributed by atoms with Crippen molar-refractivity contribution in [3.8, 4) is 0 Å². The van der Waals surface area contributed by atoms with Crippen molar-refractivity contribution in [2.24, 2.45) is 0 Å². The normalized spacial score (nSPS) is 10.8. The molecule has 0 atom stereocenters. The molecule has 0 fully saturated rings. The predicted molar refractivity (Wildman–Crippen MR) is 66.5 cm³/mol. The van der Waals surface area contributed by atoms with E-state index in [1.807, 2.05) is 0 Å². The van der Waals surface area contributed by atoms with Gasteiger partial charge in [-0.05, 0) is 32.0 Å². The number of anilines is 1. The third-order valence-corrected chi connectivity index (χ3v) is 2.25. The molecule has 0 spiro atoms. The SMILES string of the molecule is CC(C)=CC(=O)Nc1ccc(C(F)(F)F)cc1C(=O)O. The van der Waals surface area contributed by atoms with Gasteiger partial charge in [-0.3, -0.25) is 4.79 Å². The zero-order chi connectivity index (χ0) is 15.5. The molecular formula is C13H12F3NO3. The van der Waals surface area contributed by atoms with Crippen LogP contribution in [0.1, 0.15) is 29.8 Å². The second-order valence-corrected chi connectivity index (χ2v) is 4.27. The number of halogens is 3. The highest BCUT2D eigenvalue weighted by Gasteiger charge is 2.31. The van der Waals surface area contributed by atoms with Crippen LogP contribution in [0.15, 0.2) is 29.8 Å². The lowest BCUT2D eigenvalue weighted by Crippen LogP contribution is -2.14. The van der Waals surface area contributed by atoms with E-state index >= 15 is 0 Å². The van der Waals surface area contributed by atoms with Gasteiger partial charge >= 0.3 is 12.1 Å². The number of alkyl halides is 3. The molecule has 0 aliphatic rings. The predicted octanol–water partition coefficient (Wildman–Crippen LogP) is 3.31. The number of benzene rings is 1. The average Bonchev–Trinajstić information content (AvgIpc) is 2.26. The largest absolute Gasteiger partial charge is 0.478 e. The third kappa shape index (κ3) is 4.11.